The van der Waals surface area contributed by atoms with E-state index in [1.54, 1.807) is 11.8 Å². The van der Waals surface area contributed by atoms with E-state index in [1.807, 2.05) is 24.3 Å². The molecule has 0 saturated heterocycles. The van der Waals surface area contributed by atoms with Gasteiger partial charge in [-0.2, -0.15) is 0 Å². The fourth-order valence-corrected chi connectivity index (χ4v) is 3.57. The number of hydrogen-bond donors (Lipinski definition) is 0. The van der Waals surface area contributed by atoms with Crippen LogP contribution in [0.2, 0.25) is 0 Å². The van der Waals surface area contributed by atoms with Crippen LogP contribution >= 0.6 is 23.4 Å². The highest BCUT2D eigenvalue weighted by Gasteiger charge is 2.22. The molecule has 0 saturated carbocycles. The molecular formula is C16H14ClNOS. The molecule has 0 N–H and O–H groups in total. The van der Waals surface area contributed by atoms with Crippen molar-refractivity contribution in [2.45, 2.75) is 16.2 Å². The maximum absolute atomic E-state index is 11.0. The van der Waals surface area contributed by atoms with Crippen molar-refractivity contribution in [3.05, 3.63) is 48.0 Å². The number of carbonyl (C=O) groups excluding carboxylic acids is 1. The van der Waals surface area contributed by atoms with Crippen molar-refractivity contribution in [1.82, 2.24) is 0 Å². The maximum atomic E-state index is 11.0. The quantitative estimate of drug-likeness (QED) is 0.601. The van der Waals surface area contributed by atoms with E-state index in [0.29, 0.717) is 11.4 Å². The normalized spacial score (nSPS) is 12.8. The number of aldehydes is 1. The van der Waals surface area contributed by atoms with E-state index in [4.69, 9.17) is 11.6 Å². The summed E-state index contributed by atoms with van der Waals surface area (Å²) in [5, 5.41) is 0. The molecule has 0 unspecified atom stereocenters. The lowest BCUT2D eigenvalue weighted by molar-refractivity contribution is 0.112. The molecule has 1 aliphatic heterocycles. The van der Waals surface area contributed by atoms with Crippen LogP contribution in [0.25, 0.3) is 0 Å². The third kappa shape index (κ3) is 2.43. The summed E-state index contributed by atoms with van der Waals surface area (Å²) in [6.07, 6.45) is 1.80. The van der Waals surface area contributed by atoms with Crippen molar-refractivity contribution < 1.29 is 4.79 Å². The monoisotopic (exact) mass is 303 g/mol. The van der Waals surface area contributed by atoms with Crippen LogP contribution in [-0.4, -0.2) is 18.7 Å². The third-order valence-electron chi connectivity index (χ3n) is 3.30. The molecule has 0 bridgehead atoms. The van der Waals surface area contributed by atoms with Gasteiger partial charge in [-0.1, -0.05) is 30.0 Å². The Morgan fingerprint density at radius 2 is 1.90 bits per heavy atom. The molecule has 0 radical (unpaired) electrons. The van der Waals surface area contributed by atoms with Crippen LogP contribution in [0, 0.1) is 0 Å². The fraction of sp³-hybridized carbons (Fsp3) is 0.188. The first kappa shape index (κ1) is 13.5. The van der Waals surface area contributed by atoms with E-state index >= 15 is 0 Å². The minimum atomic E-state index is 0.633. The van der Waals surface area contributed by atoms with Crippen molar-refractivity contribution in [1.29, 1.82) is 0 Å². The van der Waals surface area contributed by atoms with Gasteiger partial charge in [-0.25, -0.2) is 0 Å². The highest BCUT2D eigenvalue weighted by Crippen LogP contribution is 2.48. The summed E-state index contributed by atoms with van der Waals surface area (Å²) >= 11 is 7.59. The smallest absolute Gasteiger partial charge is 0.150 e. The lowest BCUT2D eigenvalue weighted by atomic mass is 10.1. The fourth-order valence-electron chi connectivity index (χ4n) is 2.38. The molecule has 0 aromatic heterocycles. The average Bonchev–Trinajstić information content (AvgIpc) is 2.51. The first-order valence-electron chi connectivity index (χ1n) is 6.53. The Labute approximate surface area is 127 Å². The molecule has 0 amide bonds. The number of fused-ring (bicyclic) bond motifs is 2. The topological polar surface area (TPSA) is 20.3 Å². The van der Waals surface area contributed by atoms with Crippen LogP contribution in [0.15, 0.2) is 52.3 Å². The van der Waals surface area contributed by atoms with Gasteiger partial charge in [0.2, 0.25) is 0 Å². The van der Waals surface area contributed by atoms with E-state index in [2.05, 4.69) is 23.1 Å². The number of halogens is 1. The van der Waals surface area contributed by atoms with Gasteiger partial charge in [-0.15, -0.1) is 11.6 Å². The molecule has 1 aliphatic rings. The molecule has 0 aliphatic carbocycles. The van der Waals surface area contributed by atoms with Crippen LogP contribution in [-0.2, 0) is 0 Å². The zero-order chi connectivity index (χ0) is 13.9. The standard InChI is InChI=1S/C16H14ClNOS/c17-8-3-9-18-13-4-1-2-5-15(13)20-16-7-6-12(11-19)10-14(16)18/h1-2,4-7,10-11H,3,8-9H2. The van der Waals surface area contributed by atoms with Gasteiger partial charge in [0, 0.05) is 27.8 Å². The van der Waals surface area contributed by atoms with Crippen molar-refractivity contribution in [2.24, 2.45) is 0 Å². The minimum absolute atomic E-state index is 0.633. The molecule has 20 heavy (non-hydrogen) atoms. The molecular weight excluding hydrogens is 290 g/mol. The summed E-state index contributed by atoms with van der Waals surface area (Å²) in [6, 6.07) is 14.2. The molecule has 2 aromatic rings. The number of anilines is 2. The van der Waals surface area contributed by atoms with E-state index in [1.165, 1.54) is 15.5 Å². The van der Waals surface area contributed by atoms with Crippen LogP contribution in [0.1, 0.15) is 16.8 Å². The highest BCUT2D eigenvalue weighted by atomic mass is 35.5. The lowest BCUT2D eigenvalue weighted by Gasteiger charge is -2.32. The van der Waals surface area contributed by atoms with Crippen LogP contribution in [0.3, 0.4) is 0 Å². The largest absolute Gasteiger partial charge is 0.340 e. The summed E-state index contributed by atoms with van der Waals surface area (Å²) < 4.78 is 0. The van der Waals surface area contributed by atoms with Gasteiger partial charge in [0.15, 0.2) is 0 Å². The van der Waals surface area contributed by atoms with Gasteiger partial charge in [0.25, 0.3) is 0 Å². The second kappa shape index (κ2) is 5.90. The zero-order valence-corrected chi connectivity index (χ0v) is 12.5. The van der Waals surface area contributed by atoms with Crippen LogP contribution in [0.4, 0.5) is 11.4 Å². The predicted molar refractivity (Wildman–Crippen MR) is 84.7 cm³/mol. The number of hydrogen-bond acceptors (Lipinski definition) is 3. The summed E-state index contributed by atoms with van der Waals surface area (Å²) in [5.41, 5.74) is 3.00. The number of carbonyl (C=O) groups is 1. The van der Waals surface area contributed by atoms with E-state index in [-0.39, 0.29) is 0 Å². The van der Waals surface area contributed by atoms with Gasteiger partial charge in [0.1, 0.15) is 6.29 Å². The SMILES string of the molecule is O=Cc1ccc2c(c1)N(CCCCl)c1ccccc1S2. The second-order valence-electron chi connectivity index (χ2n) is 4.61. The molecule has 2 aromatic carbocycles. The molecule has 102 valence electrons. The van der Waals surface area contributed by atoms with Crippen molar-refractivity contribution >= 4 is 41.0 Å². The van der Waals surface area contributed by atoms with Crippen molar-refractivity contribution in [3.8, 4) is 0 Å². The highest BCUT2D eigenvalue weighted by molar-refractivity contribution is 7.99. The molecule has 2 nitrogen and oxygen atoms in total. The first-order chi connectivity index (χ1) is 9.83. The summed E-state index contributed by atoms with van der Waals surface area (Å²) in [5.74, 6) is 0.633. The summed E-state index contributed by atoms with van der Waals surface area (Å²) in [7, 11) is 0. The molecule has 4 heteroatoms. The second-order valence-corrected chi connectivity index (χ2v) is 6.07. The Morgan fingerprint density at radius 1 is 1.10 bits per heavy atom. The van der Waals surface area contributed by atoms with Crippen LogP contribution in [0.5, 0.6) is 0 Å². The number of para-hydroxylation sites is 1. The first-order valence-corrected chi connectivity index (χ1v) is 7.88. The number of rotatable bonds is 4. The van der Waals surface area contributed by atoms with Crippen LogP contribution < -0.4 is 4.90 Å². The summed E-state index contributed by atoms with van der Waals surface area (Å²) in [4.78, 5) is 15.7. The lowest BCUT2D eigenvalue weighted by Crippen LogP contribution is -2.22. The maximum Gasteiger partial charge on any atom is 0.150 e. The Balaban J connectivity index is 2.08. The number of nitrogens with zero attached hydrogens (tertiary/aromatic N) is 1. The molecule has 3 rings (SSSR count). The van der Waals surface area contributed by atoms with Gasteiger partial charge in [-0.05, 0) is 30.7 Å². The zero-order valence-electron chi connectivity index (χ0n) is 10.9. The molecule has 1 heterocycles. The number of benzene rings is 2. The van der Waals surface area contributed by atoms with E-state index in [0.717, 1.165) is 24.9 Å². The molecule has 0 spiro atoms. The van der Waals surface area contributed by atoms with Gasteiger partial charge >= 0.3 is 0 Å². The van der Waals surface area contributed by atoms with E-state index in [9.17, 15) is 4.79 Å². The molecule has 0 fully saturated rings. The Kier molecular flexibility index (Phi) is 3.99. The number of alkyl halides is 1. The van der Waals surface area contributed by atoms with Crippen molar-refractivity contribution in [3.63, 3.8) is 0 Å². The van der Waals surface area contributed by atoms with Gasteiger partial charge in [-0.3, -0.25) is 4.79 Å². The predicted octanol–water partition coefficient (Wildman–Crippen LogP) is 4.73. The van der Waals surface area contributed by atoms with Gasteiger partial charge in [0.05, 0.1) is 11.4 Å². The minimum Gasteiger partial charge on any atom is -0.340 e. The van der Waals surface area contributed by atoms with Crippen molar-refractivity contribution in [2.75, 3.05) is 17.3 Å². The average molecular weight is 304 g/mol. The Morgan fingerprint density at radius 3 is 2.70 bits per heavy atom. The third-order valence-corrected chi connectivity index (χ3v) is 4.70. The Hall–Kier alpha value is -1.45. The molecule has 0 atom stereocenters. The van der Waals surface area contributed by atoms with E-state index < -0.39 is 0 Å². The van der Waals surface area contributed by atoms with Gasteiger partial charge < -0.3 is 4.90 Å². The summed E-state index contributed by atoms with van der Waals surface area (Å²) in [6.45, 7) is 0.858. The Bertz CT molecular complexity index is 644.